The summed E-state index contributed by atoms with van der Waals surface area (Å²) in [5.74, 6) is -0.364. The van der Waals surface area contributed by atoms with Crippen LogP contribution in [0.25, 0.3) is 6.08 Å². The molecule has 3 rings (SSSR count). The monoisotopic (exact) mass is 548 g/mol. The number of carbonyl (C=O) groups excluding carboxylic acids is 1. The summed E-state index contributed by atoms with van der Waals surface area (Å²) in [7, 11) is 0. The molecule has 1 aromatic heterocycles. The van der Waals surface area contributed by atoms with E-state index in [1.54, 1.807) is 42.5 Å². The van der Waals surface area contributed by atoms with E-state index < -0.39 is 0 Å². The molecule has 12 heteroatoms. The molecule has 7 nitrogen and oxygen atoms in total. The number of nitrogens with one attached hydrogen (secondary N) is 3. The maximum Gasteiger partial charge on any atom is 0.257 e. The van der Waals surface area contributed by atoms with Crippen molar-refractivity contribution in [2.24, 2.45) is 10.8 Å². The number of thiazole rings is 1. The second-order valence-corrected chi connectivity index (χ2v) is 9.43. The highest BCUT2D eigenvalue weighted by Crippen LogP contribution is 2.24. The van der Waals surface area contributed by atoms with Crippen molar-refractivity contribution in [2.75, 3.05) is 5.32 Å². The Balaban J connectivity index is 1.76. The van der Waals surface area contributed by atoms with Gasteiger partial charge in [-0.3, -0.25) is 15.5 Å². The summed E-state index contributed by atoms with van der Waals surface area (Å²) < 4.78 is 0. The highest BCUT2D eigenvalue weighted by atomic mass is 35.5. The van der Waals surface area contributed by atoms with Crippen LogP contribution in [0.5, 0.6) is 0 Å². The van der Waals surface area contributed by atoms with Crippen LogP contribution in [0.3, 0.4) is 0 Å². The highest BCUT2D eigenvalue weighted by Gasteiger charge is 2.15. The molecule has 5 N–H and O–H groups in total. The smallest absolute Gasteiger partial charge is 0.257 e. The Bertz CT molecular complexity index is 1270. The second-order valence-electron chi connectivity index (χ2n) is 6.71. The van der Waals surface area contributed by atoms with Crippen LogP contribution in [0.15, 0.2) is 59.7 Å². The van der Waals surface area contributed by atoms with Crippen molar-refractivity contribution >= 4 is 92.0 Å². The maximum atomic E-state index is 12.4. The van der Waals surface area contributed by atoms with Gasteiger partial charge in [-0.2, -0.15) is 5.10 Å². The molecule has 3 aromatic rings. The van der Waals surface area contributed by atoms with Gasteiger partial charge in [0.1, 0.15) is 5.71 Å². The van der Waals surface area contributed by atoms with Gasteiger partial charge in [-0.25, -0.2) is 4.98 Å². The molecule has 2 aromatic carbocycles. The first kappa shape index (κ1) is 25.7. The molecular weight excluding hydrogens is 531 g/mol. The first-order valence-corrected chi connectivity index (χ1v) is 12.0. The quantitative estimate of drug-likeness (QED) is 0.192. The molecule has 174 valence electrons. The minimum absolute atomic E-state index is 0.0315. The summed E-state index contributed by atoms with van der Waals surface area (Å²) in [6, 6.07) is 13.8. The molecule has 1 heterocycles. The molecule has 0 aliphatic heterocycles. The summed E-state index contributed by atoms with van der Waals surface area (Å²) in [6.45, 7) is 1.83. The molecule has 34 heavy (non-hydrogen) atoms. The number of thiocarbonyl (C=S) groups is 2. The van der Waals surface area contributed by atoms with E-state index in [0.29, 0.717) is 32.1 Å². The van der Waals surface area contributed by atoms with Crippen molar-refractivity contribution < 1.29 is 4.79 Å². The Morgan fingerprint density at radius 2 is 1.71 bits per heavy atom. The number of nitrogens with zero attached hydrogens (tertiary/aromatic N) is 2. The lowest BCUT2D eigenvalue weighted by atomic mass is 10.1. The molecule has 0 saturated carbocycles. The number of aryl methyl sites for hydroxylation is 1. The number of hydrogen-bond donors (Lipinski definition) is 4. The Hall–Kier alpha value is -2.89. The van der Waals surface area contributed by atoms with Crippen molar-refractivity contribution in [1.29, 1.82) is 0 Å². The minimum Gasteiger partial charge on any atom is -0.375 e. The molecular formula is C22H18Cl2N6OS3. The lowest BCUT2D eigenvalue weighted by Gasteiger charge is -2.07. The maximum absolute atomic E-state index is 12.4. The number of amides is 1. The van der Waals surface area contributed by atoms with E-state index in [4.69, 9.17) is 53.4 Å². The van der Waals surface area contributed by atoms with E-state index in [1.807, 2.05) is 25.1 Å². The number of carbonyl (C=O) groups is 1. The summed E-state index contributed by atoms with van der Waals surface area (Å²) in [5, 5.41) is 11.6. The summed E-state index contributed by atoms with van der Waals surface area (Å²) >= 11 is 23.2. The fourth-order valence-corrected chi connectivity index (χ4v) is 4.11. The third kappa shape index (κ3) is 7.57. The minimum atomic E-state index is -0.364. The van der Waals surface area contributed by atoms with Crippen LogP contribution in [0.2, 0.25) is 10.0 Å². The number of rotatable bonds is 6. The SMILES string of the molecule is Cc1nc(NC(=S)NC(=O)c2ccc(Cl)cc2)sc1/C(C=Cc1ccc(Cl)cc1)=N/NC(N)=S. The highest BCUT2D eigenvalue weighted by molar-refractivity contribution is 7.80. The van der Waals surface area contributed by atoms with Crippen LogP contribution < -0.4 is 21.8 Å². The predicted molar refractivity (Wildman–Crippen MR) is 149 cm³/mol. The van der Waals surface area contributed by atoms with E-state index in [9.17, 15) is 4.79 Å². The van der Waals surface area contributed by atoms with E-state index in [-0.39, 0.29) is 16.1 Å². The largest absolute Gasteiger partial charge is 0.375 e. The van der Waals surface area contributed by atoms with Crippen LogP contribution >= 0.6 is 59.0 Å². The zero-order chi connectivity index (χ0) is 24.7. The van der Waals surface area contributed by atoms with Crippen LogP contribution in [-0.4, -0.2) is 26.8 Å². The van der Waals surface area contributed by atoms with Gasteiger partial charge in [0.15, 0.2) is 15.4 Å². The van der Waals surface area contributed by atoms with Crippen LogP contribution in [-0.2, 0) is 0 Å². The van der Waals surface area contributed by atoms with E-state index >= 15 is 0 Å². The number of halogens is 2. The third-order valence-electron chi connectivity index (χ3n) is 4.17. The van der Waals surface area contributed by atoms with Crippen molar-refractivity contribution in [3.05, 3.63) is 86.4 Å². The molecule has 0 fully saturated rings. The van der Waals surface area contributed by atoms with Gasteiger partial charge in [0.2, 0.25) is 0 Å². The summed E-state index contributed by atoms with van der Waals surface area (Å²) in [5.41, 5.74) is 10.8. The van der Waals surface area contributed by atoms with Gasteiger partial charge in [-0.15, -0.1) is 0 Å². The van der Waals surface area contributed by atoms with Gasteiger partial charge >= 0.3 is 0 Å². The molecule has 0 aliphatic rings. The molecule has 0 radical (unpaired) electrons. The van der Waals surface area contributed by atoms with Gasteiger partial charge in [-0.1, -0.05) is 52.7 Å². The molecule has 0 aliphatic carbocycles. The number of allylic oxidation sites excluding steroid dienone is 1. The van der Waals surface area contributed by atoms with Gasteiger partial charge in [0, 0.05) is 15.6 Å². The molecule has 1 amide bonds. The molecule has 0 atom stereocenters. The first-order chi connectivity index (χ1) is 16.2. The standard InChI is InChI=1S/C22H18Cl2N6OS3/c1-12-18(17(29-30-20(25)32)11-4-13-2-7-15(23)8-3-13)34-22(26-12)28-21(33)27-19(31)14-5-9-16(24)10-6-14/h2-11H,1H3,(H3,25,30,32)(H2,26,27,28,31,33)/b11-4?,29-17+. The van der Waals surface area contributed by atoms with Crippen molar-refractivity contribution in [3.63, 3.8) is 0 Å². The zero-order valence-corrected chi connectivity index (χ0v) is 21.6. The van der Waals surface area contributed by atoms with Crippen LogP contribution in [0, 0.1) is 6.92 Å². The zero-order valence-electron chi connectivity index (χ0n) is 17.6. The van der Waals surface area contributed by atoms with Gasteiger partial charge in [0.05, 0.1) is 10.6 Å². The van der Waals surface area contributed by atoms with E-state index in [1.165, 1.54) is 11.3 Å². The molecule has 0 unspecified atom stereocenters. The Kier molecular flexibility index (Phi) is 9.08. The Morgan fingerprint density at radius 1 is 1.09 bits per heavy atom. The average molecular weight is 550 g/mol. The number of hydrogen-bond acceptors (Lipinski definition) is 6. The number of hydrazone groups is 1. The number of anilines is 1. The third-order valence-corrected chi connectivity index (χ3v) is 6.07. The Labute approximate surface area is 221 Å². The Morgan fingerprint density at radius 3 is 2.32 bits per heavy atom. The molecule has 0 spiro atoms. The van der Waals surface area contributed by atoms with Crippen LogP contribution in [0.1, 0.15) is 26.5 Å². The lowest BCUT2D eigenvalue weighted by molar-refractivity contribution is 0.0977. The van der Waals surface area contributed by atoms with Crippen molar-refractivity contribution in [3.8, 4) is 0 Å². The lowest BCUT2D eigenvalue weighted by Crippen LogP contribution is -2.34. The number of nitrogens with two attached hydrogens (primary N) is 1. The van der Waals surface area contributed by atoms with Gasteiger partial charge in [-0.05, 0) is 79.4 Å². The van der Waals surface area contributed by atoms with Crippen LogP contribution in [0.4, 0.5) is 5.13 Å². The second kappa shape index (κ2) is 12.0. The van der Waals surface area contributed by atoms with E-state index in [0.717, 1.165) is 10.4 Å². The summed E-state index contributed by atoms with van der Waals surface area (Å²) in [6.07, 6.45) is 3.68. The molecule has 0 bridgehead atoms. The normalized spacial score (nSPS) is 11.3. The average Bonchev–Trinajstić information content (AvgIpc) is 3.14. The van der Waals surface area contributed by atoms with Gasteiger partial charge in [0.25, 0.3) is 5.91 Å². The van der Waals surface area contributed by atoms with Crippen molar-refractivity contribution in [1.82, 2.24) is 15.7 Å². The van der Waals surface area contributed by atoms with E-state index in [2.05, 4.69) is 26.1 Å². The van der Waals surface area contributed by atoms with Crippen molar-refractivity contribution in [2.45, 2.75) is 6.92 Å². The topological polar surface area (TPSA) is 104 Å². The number of aromatic nitrogens is 1. The molecule has 0 saturated heterocycles. The first-order valence-electron chi connectivity index (χ1n) is 9.64. The number of benzene rings is 2. The fourth-order valence-electron chi connectivity index (χ4n) is 2.62. The fraction of sp³-hybridized carbons (Fsp3) is 0.0455. The predicted octanol–water partition coefficient (Wildman–Crippen LogP) is 5.14. The van der Waals surface area contributed by atoms with Gasteiger partial charge < -0.3 is 11.1 Å². The summed E-state index contributed by atoms with van der Waals surface area (Å²) in [4.78, 5) is 17.6.